The summed E-state index contributed by atoms with van der Waals surface area (Å²) in [5.41, 5.74) is 3.24. The molecule has 0 unspecified atom stereocenters. The topological polar surface area (TPSA) is 110 Å². The molecule has 0 radical (unpaired) electrons. The number of aryl methyl sites for hydroxylation is 3. The van der Waals surface area contributed by atoms with Gasteiger partial charge in [0.05, 0.1) is 11.3 Å². The third-order valence-electron chi connectivity index (χ3n) is 8.12. The van der Waals surface area contributed by atoms with Gasteiger partial charge >= 0.3 is 5.97 Å². The molecule has 0 spiro atoms. The number of nitrogens with zero attached hydrogens (tertiary/aromatic N) is 3. The highest BCUT2D eigenvalue weighted by Gasteiger charge is 2.41. The number of aliphatic hydroxyl groups is 1. The average molecular weight is 612 g/mol. The summed E-state index contributed by atoms with van der Waals surface area (Å²) >= 11 is 0. The maximum Gasteiger partial charge on any atom is 0.337 e. The zero-order valence-corrected chi connectivity index (χ0v) is 25.6. The van der Waals surface area contributed by atoms with E-state index in [9.17, 15) is 18.3 Å². The molecule has 3 aromatic carbocycles. The molecule has 1 aliphatic rings. The van der Waals surface area contributed by atoms with E-state index in [1.807, 2.05) is 42.5 Å². The smallest absolute Gasteiger partial charge is 0.337 e. The zero-order chi connectivity index (χ0) is 31.0. The fraction of sp³-hybridized carbons (Fsp3) is 0.286. The minimum Gasteiger partial charge on any atom is -0.512 e. The first-order valence-electron chi connectivity index (χ1n) is 14.8. The lowest BCUT2D eigenvalue weighted by Gasteiger charge is -2.37. The predicted octanol–water partition coefficient (Wildman–Crippen LogP) is 6.39. The second-order valence-corrected chi connectivity index (χ2v) is 13.0. The van der Waals surface area contributed by atoms with E-state index in [4.69, 9.17) is 4.74 Å². The number of hydrogen-bond acceptors (Lipinski definition) is 7. The molecular formula is C35H37N3O5S. The molecule has 0 aliphatic carbocycles. The molecule has 44 heavy (non-hydrogen) atoms. The number of cyclic esters (lactones) is 1. The summed E-state index contributed by atoms with van der Waals surface area (Å²) in [5, 5.41) is 10.9. The van der Waals surface area contributed by atoms with Gasteiger partial charge in [-0.25, -0.2) is 14.8 Å². The number of ether oxygens (including phenoxy) is 1. The van der Waals surface area contributed by atoms with Crippen molar-refractivity contribution in [2.45, 2.75) is 62.1 Å². The Balaban J connectivity index is 1.25. The van der Waals surface area contributed by atoms with Crippen LogP contribution in [0.25, 0.3) is 0 Å². The maximum atomic E-state index is 13.3. The van der Waals surface area contributed by atoms with E-state index in [1.165, 1.54) is 19.4 Å². The van der Waals surface area contributed by atoms with Crippen molar-refractivity contribution in [1.29, 1.82) is 0 Å². The molecule has 0 atom stereocenters. The van der Waals surface area contributed by atoms with Crippen LogP contribution in [0.3, 0.4) is 0 Å². The van der Waals surface area contributed by atoms with E-state index in [-0.39, 0.29) is 17.3 Å². The SMILES string of the molecule is CN(c1cccc(CCCC2=C(O)CC(CCc3ccccc3)(CCc3ccccc3)OC2=O)c1)S(=O)(=O)c1ncccn1. The second-order valence-electron chi connectivity index (χ2n) is 11.2. The molecule has 1 N–H and O–H groups in total. The summed E-state index contributed by atoms with van der Waals surface area (Å²) in [5.74, 6) is -0.359. The summed E-state index contributed by atoms with van der Waals surface area (Å²) in [6, 6.07) is 29.0. The number of sulfonamides is 1. The van der Waals surface area contributed by atoms with Crippen LogP contribution in [0.15, 0.2) is 120 Å². The summed E-state index contributed by atoms with van der Waals surface area (Å²) in [4.78, 5) is 21.1. The van der Waals surface area contributed by atoms with Crippen molar-refractivity contribution in [1.82, 2.24) is 9.97 Å². The summed E-state index contributed by atoms with van der Waals surface area (Å²) < 4.78 is 33.3. The standard InChI is InChI=1S/C35H37N3O5S/c1-38(44(41,42)34-36-23-10-24-37-34)30-17-8-15-29(25-30)16-9-18-31-32(39)26-35(43-33(31)40,21-19-27-11-4-2-5-12-27)22-20-28-13-6-3-7-14-28/h2-8,10-15,17,23-25,39H,9,16,18-22,26H2,1H3. The van der Waals surface area contributed by atoms with E-state index < -0.39 is 21.6 Å². The van der Waals surface area contributed by atoms with Crippen molar-refractivity contribution in [2.75, 3.05) is 11.4 Å². The van der Waals surface area contributed by atoms with Crippen molar-refractivity contribution < 1.29 is 23.1 Å². The predicted molar refractivity (Wildman–Crippen MR) is 170 cm³/mol. The van der Waals surface area contributed by atoms with Crippen molar-refractivity contribution >= 4 is 21.7 Å². The number of carbonyl (C=O) groups excluding carboxylic acids is 1. The minimum atomic E-state index is -3.91. The number of aliphatic hydroxyl groups excluding tert-OH is 1. The Morgan fingerprint density at radius 3 is 1.98 bits per heavy atom. The lowest BCUT2D eigenvalue weighted by atomic mass is 9.82. The Hall–Kier alpha value is -4.50. The third kappa shape index (κ3) is 7.52. The van der Waals surface area contributed by atoms with Crippen molar-refractivity contribution in [2.24, 2.45) is 0 Å². The van der Waals surface area contributed by atoms with Crippen LogP contribution in [-0.2, 0) is 38.8 Å². The van der Waals surface area contributed by atoms with Gasteiger partial charge in [0.2, 0.25) is 0 Å². The molecular weight excluding hydrogens is 574 g/mol. The number of benzene rings is 3. The monoisotopic (exact) mass is 611 g/mol. The number of anilines is 1. The Morgan fingerprint density at radius 1 is 0.795 bits per heavy atom. The average Bonchev–Trinajstić information content (AvgIpc) is 3.05. The maximum absolute atomic E-state index is 13.3. The van der Waals surface area contributed by atoms with Crippen molar-refractivity contribution in [3.05, 3.63) is 131 Å². The molecule has 9 heteroatoms. The van der Waals surface area contributed by atoms with E-state index in [0.717, 1.165) is 33.8 Å². The lowest BCUT2D eigenvalue weighted by molar-refractivity contribution is -0.160. The van der Waals surface area contributed by atoms with Crippen LogP contribution >= 0.6 is 0 Å². The van der Waals surface area contributed by atoms with Crippen LogP contribution in [0.2, 0.25) is 0 Å². The molecule has 0 amide bonds. The molecule has 1 aliphatic heterocycles. The molecule has 0 bridgehead atoms. The first kappa shape index (κ1) is 30.9. The van der Waals surface area contributed by atoms with Gasteiger partial charge in [-0.05, 0) is 79.8 Å². The van der Waals surface area contributed by atoms with Gasteiger partial charge in [0, 0.05) is 25.9 Å². The molecule has 2 heterocycles. The summed E-state index contributed by atoms with van der Waals surface area (Å²) in [6.45, 7) is 0. The Kier molecular flexibility index (Phi) is 9.75. The number of carbonyl (C=O) groups is 1. The minimum absolute atomic E-state index is 0.102. The molecule has 228 valence electrons. The molecule has 0 saturated heterocycles. The Labute approximate surface area is 259 Å². The molecule has 5 rings (SSSR count). The molecule has 8 nitrogen and oxygen atoms in total. The molecule has 0 saturated carbocycles. The van der Waals surface area contributed by atoms with E-state index >= 15 is 0 Å². The summed E-state index contributed by atoms with van der Waals surface area (Å²) in [6.07, 6.45) is 7.29. The highest BCUT2D eigenvalue weighted by molar-refractivity contribution is 7.92. The van der Waals surface area contributed by atoms with Crippen LogP contribution in [0.1, 0.15) is 48.8 Å². The van der Waals surface area contributed by atoms with Gasteiger partial charge in [-0.15, -0.1) is 0 Å². The van der Waals surface area contributed by atoms with Crippen molar-refractivity contribution in [3.8, 4) is 0 Å². The molecule has 0 fully saturated rings. The number of esters is 1. The first-order chi connectivity index (χ1) is 21.3. The number of aromatic nitrogens is 2. The third-order valence-corrected chi connectivity index (χ3v) is 9.72. The van der Waals surface area contributed by atoms with Crippen LogP contribution < -0.4 is 4.31 Å². The zero-order valence-electron chi connectivity index (χ0n) is 24.8. The largest absolute Gasteiger partial charge is 0.512 e. The van der Waals surface area contributed by atoms with Crippen LogP contribution in [0, 0.1) is 0 Å². The van der Waals surface area contributed by atoms with Crippen LogP contribution in [0.4, 0.5) is 5.69 Å². The van der Waals surface area contributed by atoms with E-state index in [2.05, 4.69) is 34.2 Å². The van der Waals surface area contributed by atoms with Gasteiger partial charge in [0.25, 0.3) is 15.2 Å². The molecule has 1 aromatic heterocycles. The van der Waals surface area contributed by atoms with Gasteiger partial charge in [-0.3, -0.25) is 4.31 Å². The fourth-order valence-electron chi connectivity index (χ4n) is 5.56. The Morgan fingerprint density at radius 2 is 1.39 bits per heavy atom. The van der Waals surface area contributed by atoms with Crippen LogP contribution in [-0.4, -0.2) is 42.1 Å². The van der Waals surface area contributed by atoms with Gasteiger partial charge in [-0.1, -0.05) is 72.8 Å². The summed E-state index contributed by atoms with van der Waals surface area (Å²) in [7, 11) is -2.44. The van der Waals surface area contributed by atoms with Gasteiger partial charge in [0.15, 0.2) is 0 Å². The van der Waals surface area contributed by atoms with E-state index in [0.29, 0.717) is 43.4 Å². The van der Waals surface area contributed by atoms with E-state index in [1.54, 1.807) is 24.3 Å². The van der Waals surface area contributed by atoms with Gasteiger partial charge in [0.1, 0.15) is 11.4 Å². The first-order valence-corrected chi connectivity index (χ1v) is 16.3. The highest BCUT2D eigenvalue weighted by atomic mass is 32.2. The number of rotatable bonds is 13. The lowest BCUT2D eigenvalue weighted by Crippen LogP contribution is -2.41. The molecule has 4 aromatic rings. The van der Waals surface area contributed by atoms with Crippen molar-refractivity contribution in [3.63, 3.8) is 0 Å². The van der Waals surface area contributed by atoms with Gasteiger partial charge in [-0.2, -0.15) is 8.42 Å². The number of hydrogen-bond donors (Lipinski definition) is 1. The normalized spacial score (nSPS) is 14.7. The second kappa shape index (κ2) is 13.9. The highest BCUT2D eigenvalue weighted by Crippen LogP contribution is 2.38. The quantitative estimate of drug-likeness (QED) is 0.138. The Bertz CT molecular complexity index is 1650. The van der Waals surface area contributed by atoms with Gasteiger partial charge < -0.3 is 9.84 Å². The fourth-order valence-corrected chi connectivity index (χ4v) is 6.59. The van der Waals surface area contributed by atoms with Crippen LogP contribution in [0.5, 0.6) is 0 Å².